The van der Waals surface area contributed by atoms with Gasteiger partial charge in [0.15, 0.2) is 5.76 Å². The largest absolute Gasteiger partial charge is 0.497 e. The van der Waals surface area contributed by atoms with Crippen LogP contribution in [0.3, 0.4) is 0 Å². The van der Waals surface area contributed by atoms with Crippen molar-refractivity contribution in [1.82, 2.24) is 20.2 Å². The standard InChI is InChI=1S/C26H31N5O4/c1-16-28-23(13-24(29-16)25-5-4-8-35-25)22-15-31-7-6-17(22)9-19(31)14-27-26(32)30-18-10-20(33-2)12-21(11-18)34-3/h4-5,8,10-13,17,19,22H,6-7,9,14-15H2,1-3H3,(H2,27,30,32). The van der Waals surface area contributed by atoms with Crippen LogP contribution in [0.4, 0.5) is 10.5 Å². The summed E-state index contributed by atoms with van der Waals surface area (Å²) in [6.45, 7) is 4.49. The van der Waals surface area contributed by atoms with Crippen LogP contribution in [0, 0.1) is 12.8 Å². The highest BCUT2D eigenvalue weighted by Gasteiger charge is 2.41. The number of hydrogen-bond acceptors (Lipinski definition) is 7. The van der Waals surface area contributed by atoms with E-state index in [1.54, 1.807) is 38.7 Å². The molecule has 0 saturated carbocycles. The molecule has 9 nitrogen and oxygen atoms in total. The second kappa shape index (κ2) is 9.95. The van der Waals surface area contributed by atoms with Gasteiger partial charge < -0.3 is 24.5 Å². The number of benzene rings is 1. The number of fused-ring (bicyclic) bond motifs is 3. The summed E-state index contributed by atoms with van der Waals surface area (Å²) in [6, 6.07) is 11.2. The number of anilines is 1. The fourth-order valence-corrected chi connectivity index (χ4v) is 5.28. The minimum Gasteiger partial charge on any atom is -0.497 e. The van der Waals surface area contributed by atoms with Crippen molar-refractivity contribution in [2.45, 2.75) is 31.7 Å². The van der Waals surface area contributed by atoms with Crippen molar-refractivity contribution in [2.24, 2.45) is 5.92 Å². The van der Waals surface area contributed by atoms with E-state index in [4.69, 9.17) is 18.9 Å². The molecular weight excluding hydrogens is 446 g/mol. The van der Waals surface area contributed by atoms with Crippen LogP contribution < -0.4 is 20.1 Å². The topological polar surface area (TPSA) is 102 Å². The molecule has 3 aliphatic heterocycles. The molecule has 2 N–H and O–H groups in total. The van der Waals surface area contributed by atoms with Gasteiger partial charge in [0, 0.05) is 54.6 Å². The van der Waals surface area contributed by atoms with Gasteiger partial charge in [0.2, 0.25) is 0 Å². The van der Waals surface area contributed by atoms with Crippen molar-refractivity contribution in [3.8, 4) is 23.0 Å². The lowest BCUT2D eigenvalue weighted by Gasteiger charge is -2.49. The quantitative estimate of drug-likeness (QED) is 0.529. The number of aryl methyl sites for hydroxylation is 1. The number of amides is 2. The molecule has 4 atom stereocenters. The highest BCUT2D eigenvalue weighted by Crippen LogP contribution is 2.41. The Kier molecular flexibility index (Phi) is 6.59. The number of hydrogen-bond donors (Lipinski definition) is 2. The number of methoxy groups -OCH3 is 2. The highest BCUT2D eigenvalue weighted by molar-refractivity contribution is 5.89. The lowest BCUT2D eigenvalue weighted by atomic mass is 9.74. The minimum absolute atomic E-state index is 0.242. The molecule has 2 aromatic heterocycles. The third-order valence-corrected chi connectivity index (χ3v) is 7.00. The van der Waals surface area contributed by atoms with Crippen LogP contribution in [-0.2, 0) is 0 Å². The third kappa shape index (κ3) is 5.09. The van der Waals surface area contributed by atoms with Gasteiger partial charge in [-0.1, -0.05) is 0 Å². The van der Waals surface area contributed by atoms with Crippen LogP contribution >= 0.6 is 0 Å². The normalized spacial score (nSPS) is 23.1. The summed E-state index contributed by atoms with van der Waals surface area (Å²) >= 11 is 0. The average molecular weight is 478 g/mol. The molecule has 0 spiro atoms. The van der Waals surface area contributed by atoms with E-state index in [1.165, 1.54) is 0 Å². The predicted octanol–water partition coefficient (Wildman–Crippen LogP) is 4.06. The van der Waals surface area contributed by atoms with Crippen molar-refractivity contribution in [3.05, 3.63) is 54.2 Å². The van der Waals surface area contributed by atoms with Crippen LogP contribution in [0.1, 0.15) is 30.3 Å². The lowest BCUT2D eigenvalue weighted by Crippen LogP contribution is -2.56. The molecule has 5 heterocycles. The summed E-state index contributed by atoms with van der Waals surface area (Å²) in [6.07, 6.45) is 3.83. The number of aromatic nitrogens is 2. The molecule has 6 rings (SSSR count). The zero-order valence-corrected chi connectivity index (χ0v) is 20.3. The average Bonchev–Trinajstić information content (AvgIpc) is 3.42. The second-order valence-electron chi connectivity index (χ2n) is 9.18. The van der Waals surface area contributed by atoms with Crippen LogP contribution in [-0.4, -0.2) is 60.8 Å². The van der Waals surface area contributed by atoms with Crippen LogP contribution in [0.5, 0.6) is 11.5 Å². The minimum atomic E-state index is -0.242. The summed E-state index contributed by atoms with van der Waals surface area (Å²) in [7, 11) is 3.16. The highest BCUT2D eigenvalue weighted by atomic mass is 16.5. The Morgan fingerprint density at radius 2 is 1.97 bits per heavy atom. The zero-order valence-electron chi connectivity index (χ0n) is 20.3. The molecule has 2 amide bonds. The van der Waals surface area contributed by atoms with E-state index in [1.807, 2.05) is 19.1 Å². The number of rotatable bonds is 7. The number of ether oxygens (including phenoxy) is 2. The predicted molar refractivity (Wildman–Crippen MR) is 132 cm³/mol. The van der Waals surface area contributed by atoms with Gasteiger partial charge in [-0.05, 0) is 50.4 Å². The monoisotopic (exact) mass is 477 g/mol. The van der Waals surface area contributed by atoms with E-state index < -0.39 is 0 Å². The van der Waals surface area contributed by atoms with E-state index in [9.17, 15) is 4.79 Å². The first-order valence-corrected chi connectivity index (χ1v) is 11.9. The Hall–Kier alpha value is -3.59. The van der Waals surface area contributed by atoms with E-state index in [-0.39, 0.29) is 6.03 Å². The van der Waals surface area contributed by atoms with Crippen molar-refractivity contribution < 1.29 is 18.7 Å². The van der Waals surface area contributed by atoms with E-state index in [0.29, 0.717) is 41.6 Å². The summed E-state index contributed by atoms with van der Waals surface area (Å²) in [5, 5.41) is 5.92. The Balaban J connectivity index is 1.21. The maximum absolute atomic E-state index is 12.6. The van der Waals surface area contributed by atoms with Crippen molar-refractivity contribution in [1.29, 1.82) is 0 Å². The van der Waals surface area contributed by atoms with Gasteiger partial charge in [-0.25, -0.2) is 14.8 Å². The maximum Gasteiger partial charge on any atom is 0.319 e. The fourth-order valence-electron chi connectivity index (χ4n) is 5.28. The van der Waals surface area contributed by atoms with Crippen LogP contribution in [0.25, 0.3) is 11.5 Å². The number of piperidine rings is 3. The smallest absolute Gasteiger partial charge is 0.319 e. The van der Waals surface area contributed by atoms with Crippen LogP contribution in [0.2, 0.25) is 0 Å². The van der Waals surface area contributed by atoms with Crippen molar-refractivity contribution >= 4 is 11.7 Å². The summed E-state index contributed by atoms with van der Waals surface area (Å²) < 4.78 is 16.1. The molecule has 4 unspecified atom stereocenters. The molecule has 3 aromatic rings. The van der Waals surface area contributed by atoms with E-state index in [2.05, 4.69) is 26.6 Å². The molecule has 3 fully saturated rings. The Morgan fingerprint density at radius 3 is 2.63 bits per heavy atom. The number of nitrogens with one attached hydrogen (secondary N) is 2. The second-order valence-corrected chi connectivity index (χ2v) is 9.18. The molecular formula is C26H31N5O4. The molecule has 1 aromatic carbocycles. The Labute approximate surface area is 204 Å². The summed E-state index contributed by atoms with van der Waals surface area (Å²) in [4.78, 5) is 24.4. The van der Waals surface area contributed by atoms with Crippen molar-refractivity contribution in [3.63, 3.8) is 0 Å². The molecule has 3 aliphatic rings. The Morgan fingerprint density at radius 1 is 1.17 bits per heavy atom. The van der Waals surface area contributed by atoms with Crippen LogP contribution in [0.15, 0.2) is 47.1 Å². The molecule has 2 bridgehead atoms. The summed E-state index contributed by atoms with van der Waals surface area (Å²) in [5.41, 5.74) is 2.53. The molecule has 35 heavy (non-hydrogen) atoms. The third-order valence-electron chi connectivity index (χ3n) is 7.00. The van der Waals surface area contributed by atoms with Gasteiger partial charge in [-0.3, -0.25) is 4.90 Å². The number of carbonyl (C=O) groups excluding carboxylic acids is 1. The van der Waals surface area contributed by atoms with Gasteiger partial charge in [0.25, 0.3) is 0 Å². The van der Waals surface area contributed by atoms with Gasteiger partial charge in [-0.15, -0.1) is 0 Å². The Bertz CT molecular complexity index is 1160. The van der Waals surface area contributed by atoms with Gasteiger partial charge >= 0.3 is 6.03 Å². The first-order chi connectivity index (χ1) is 17.0. The zero-order chi connectivity index (χ0) is 24.4. The van der Waals surface area contributed by atoms with Gasteiger partial charge in [-0.2, -0.15) is 0 Å². The number of carbonyl (C=O) groups is 1. The molecule has 0 aliphatic carbocycles. The molecule has 3 saturated heterocycles. The first-order valence-electron chi connectivity index (χ1n) is 11.9. The lowest BCUT2D eigenvalue weighted by molar-refractivity contribution is 0.0307. The SMILES string of the molecule is COc1cc(NC(=O)NCC2CC3CCN2CC3c2cc(-c3ccco3)nc(C)n2)cc(OC)c1. The molecule has 0 radical (unpaired) electrons. The van der Waals surface area contributed by atoms with Crippen molar-refractivity contribution in [2.75, 3.05) is 39.2 Å². The van der Waals surface area contributed by atoms with Gasteiger partial charge in [0.05, 0.1) is 20.5 Å². The molecule has 184 valence electrons. The van der Waals surface area contributed by atoms with E-state index in [0.717, 1.165) is 48.9 Å². The summed E-state index contributed by atoms with van der Waals surface area (Å²) in [5.74, 6) is 3.65. The first kappa shape index (κ1) is 23.2. The fraction of sp³-hybridized carbons (Fsp3) is 0.423. The maximum atomic E-state index is 12.6. The van der Waals surface area contributed by atoms with Gasteiger partial charge in [0.1, 0.15) is 23.0 Å². The molecule has 9 heteroatoms. The van der Waals surface area contributed by atoms with E-state index >= 15 is 0 Å². The number of urea groups is 1. The number of nitrogens with zero attached hydrogens (tertiary/aromatic N) is 3. The number of furan rings is 1.